The van der Waals surface area contributed by atoms with E-state index in [0.717, 1.165) is 5.92 Å². The molecule has 104 valence electrons. The molecule has 0 aromatic rings. The van der Waals surface area contributed by atoms with Crippen molar-refractivity contribution in [3.63, 3.8) is 0 Å². The van der Waals surface area contributed by atoms with Crippen LogP contribution in [0.25, 0.3) is 0 Å². The molecule has 1 rings (SSSR count). The lowest BCUT2D eigenvalue weighted by atomic mass is 9.66. The fourth-order valence-corrected chi connectivity index (χ4v) is 2.66. The van der Waals surface area contributed by atoms with Gasteiger partial charge in [-0.25, -0.2) is 4.79 Å². The zero-order chi connectivity index (χ0) is 13.4. The highest BCUT2D eigenvalue weighted by Crippen LogP contribution is 2.45. The molecule has 0 aromatic carbocycles. The first-order chi connectivity index (χ1) is 8.58. The summed E-state index contributed by atoms with van der Waals surface area (Å²) in [5.74, 6) is 0.539. The number of carbonyl (C=O) groups is 1. The smallest absolute Gasteiger partial charge is 0.330 e. The minimum absolute atomic E-state index is 0.277. The van der Waals surface area contributed by atoms with Crippen LogP contribution < -0.4 is 0 Å². The summed E-state index contributed by atoms with van der Waals surface area (Å²) >= 11 is 0. The minimum Gasteiger partial charge on any atom is -0.462 e. The third kappa shape index (κ3) is 5.24. The molecule has 1 aliphatic rings. The van der Waals surface area contributed by atoms with E-state index in [-0.39, 0.29) is 5.97 Å². The van der Waals surface area contributed by atoms with Crippen LogP contribution in [0, 0.1) is 11.3 Å². The summed E-state index contributed by atoms with van der Waals surface area (Å²) < 4.78 is 5.24. The number of unbranched alkanes of at least 4 members (excludes halogenated alkanes) is 2. The van der Waals surface area contributed by atoms with E-state index >= 15 is 0 Å². The molecule has 1 saturated carbocycles. The van der Waals surface area contributed by atoms with E-state index in [0.29, 0.717) is 12.0 Å². The molecule has 0 amide bonds. The summed E-state index contributed by atoms with van der Waals surface area (Å²) in [5, 5.41) is 0. The molecule has 0 aromatic heterocycles. The van der Waals surface area contributed by atoms with Crippen molar-refractivity contribution >= 4 is 5.97 Å². The van der Waals surface area contributed by atoms with Crippen LogP contribution in [-0.4, -0.2) is 12.6 Å². The van der Waals surface area contributed by atoms with E-state index in [2.05, 4.69) is 20.4 Å². The third-order valence-corrected chi connectivity index (χ3v) is 4.09. The lowest BCUT2D eigenvalue weighted by molar-refractivity contribution is -0.143. The first-order valence-electron chi connectivity index (χ1n) is 7.37. The third-order valence-electron chi connectivity index (χ3n) is 4.09. The van der Waals surface area contributed by atoms with Gasteiger partial charge in [0.15, 0.2) is 0 Å². The van der Waals surface area contributed by atoms with Crippen molar-refractivity contribution in [2.24, 2.45) is 11.3 Å². The predicted octanol–water partition coefficient (Wildman–Crippen LogP) is 4.49. The molecule has 0 N–H and O–H groups in total. The van der Waals surface area contributed by atoms with E-state index in [9.17, 15) is 4.79 Å². The van der Waals surface area contributed by atoms with E-state index in [1.807, 2.05) is 0 Å². The minimum atomic E-state index is -0.277. The van der Waals surface area contributed by atoms with Crippen LogP contribution in [0.2, 0.25) is 0 Å². The maximum Gasteiger partial charge on any atom is 0.330 e. The highest BCUT2D eigenvalue weighted by atomic mass is 16.5. The molecule has 18 heavy (non-hydrogen) atoms. The van der Waals surface area contributed by atoms with Gasteiger partial charge in [0.05, 0.1) is 6.61 Å². The Hall–Kier alpha value is -0.790. The first kappa shape index (κ1) is 15.3. The number of rotatable bonds is 9. The second kappa shape index (κ2) is 7.60. The van der Waals surface area contributed by atoms with Gasteiger partial charge in [0, 0.05) is 11.5 Å². The molecule has 2 heteroatoms. The zero-order valence-corrected chi connectivity index (χ0v) is 12.0. The molecule has 0 saturated heterocycles. The van der Waals surface area contributed by atoms with Crippen molar-refractivity contribution in [2.75, 3.05) is 6.61 Å². The summed E-state index contributed by atoms with van der Waals surface area (Å²) in [6.07, 6.45) is 11.5. The molecular weight excluding hydrogens is 224 g/mol. The topological polar surface area (TPSA) is 26.3 Å². The van der Waals surface area contributed by atoms with Crippen molar-refractivity contribution < 1.29 is 9.53 Å². The van der Waals surface area contributed by atoms with E-state index in [1.165, 1.54) is 57.4 Å². The maximum absolute atomic E-state index is 11.1. The fraction of sp³-hybridized carbons (Fsp3) is 0.812. The maximum atomic E-state index is 11.1. The van der Waals surface area contributed by atoms with Crippen LogP contribution in [0.1, 0.15) is 65.2 Å². The number of hydrogen-bond acceptors (Lipinski definition) is 2. The average molecular weight is 252 g/mol. The van der Waals surface area contributed by atoms with Gasteiger partial charge in [0.2, 0.25) is 0 Å². The van der Waals surface area contributed by atoms with Crippen LogP contribution >= 0.6 is 0 Å². The summed E-state index contributed by atoms with van der Waals surface area (Å²) in [5.41, 5.74) is 0.302. The van der Waals surface area contributed by atoms with Gasteiger partial charge >= 0.3 is 5.97 Å². The molecule has 0 aliphatic heterocycles. The van der Waals surface area contributed by atoms with E-state index in [1.54, 1.807) is 0 Å². The highest BCUT2D eigenvalue weighted by molar-refractivity contribution is 5.81. The predicted molar refractivity (Wildman–Crippen MR) is 75.4 cm³/mol. The lowest BCUT2D eigenvalue weighted by Crippen LogP contribution is -2.35. The second-order valence-corrected chi connectivity index (χ2v) is 6.16. The zero-order valence-electron chi connectivity index (χ0n) is 12.0. The van der Waals surface area contributed by atoms with Gasteiger partial charge in [0.1, 0.15) is 0 Å². The standard InChI is InChI=1S/C16H28O2/c1-4-15(17)18-13-16(11-8-12-16)10-7-5-6-9-14(2)3/h4,14H,1,5-13H2,2-3H3. The quantitative estimate of drug-likeness (QED) is 0.343. The Kier molecular flexibility index (Phi) is 6.45. The summed E-state index contributed by atoms with van der Waals surface area (Å²) in [6, 6.07) is 0. The summed E-state index contributed by atoms with van der Waals surface area (Å²) in [6.45, 7) is 8.59. The summed E-state index contributed by atoms with van der Waals surface area (Å²) in [7, 11) is 0. The van der Waals surface area contributed by atoms with Gasteiger partial charge in [0.25, 0.3) is 0 Å². The monoisotopic (exact) mass is 252 g/mol. The van der Waals surface area contributed by atoms with Crippen molar-refractivity contribution in [3.05, 3.63) is 12.7 Å². The van der Waals surface area contributed by atoms with Gasteiger partial charge in [-0.1, -0.05) is 52.5 Å². The molecule has 0 heterocycles. The van der Waals surface area contributed by atoms with Crippen molar-refractivity contribution in [1.29, 1.82) is 0 Å². The van der Waals surface area contributed by atoms with E-state index < -0.39 is 0 Å². The molecule has 0 bridgehead atoms. The Morgan fingerprint density at radius 3 is 2.56 bits per heavy atom. The second-order valence-electron chi connectivity index (χ2n) is 6.16. The van der Waals surface area contributed by atoms with Crippen molar-refractivity contribution in [1.82, 2.24) is 0 Å². The number of esters is 1. The Balaban J connectivity index is 2.16. The highest BCUT2D eigenvalue weighted by Gasteiger charge is 2.37. The largest absolute Gasteiger partial charge is 0.462 e. The number of ether oxygens (including phenoxy) is 1. The molecule has 0 radical (unpaired) electrons. The number of hydrogen-bond donors (Lipinski definition) is 0. The molecule has 1 fully saturated rings. The Bertz CT molecular complexity index is 264. The SMILES string of the molecule is C=CC(=O)OCC1(CCCCCC(C)C)CCC1. The molecular formula is C16H28O2. The molecule has 0 unspecified atom stereocenters. The van der Waals surface area contributed by atoms with Crippen LogP contribution in [-0.2, 0) is 9.53 Å². The Morgan fingerprint density at radius 1 is 1.33 bits per heavy atom. The fourth-order valence-electron chi connectivity index (χ4n) is 2.66. The van der Waals surface area contributed by atoms with Crippen LogP contribution in [0.15, 0.2) is 12.7 Å². The van der Waals surface area contributed by atoms with Crippen LogP contribution in [0.3, 0.4) is 0 Å². The molecule has 0 atom stereocenters. The van der Waals surface area contributed by atoms with Gasteiger partial charge in [-0.05, 0) is 25.2 Å². The van der Waals surface area contributed by atoms with Gasteiger partial charge < -0.3 is 4.74 Å². The lowest BCUT2D eigenvalue weighted by Gasteiger charge is -2.41. The van der Waals surface area contributed by atoms with Crippen molar-refractivity contribution in [3.8, 4) is 0 Å². The molecule has 2 nitrogen and oxygen atoms in total. The van der Waals surface area contributed by atoms with Gasteiger partial charge in [-0.2, -0.15) is 0 Å². The van der Waals surface area contributed by atoms with Gasteiger partial charge in [-0.3, -0.25) is 0 Å². The van der Waals surface area contributed by atoms with Crippen LogP contribution in [0.4, 0.5) is 0 Å². The number of carbonyl (C=O) groups excluding carboxylic acids is 1. The van der Waals surface area contributed by atoms with Crippen LogP contribution in [0.5, 0.6) is 0 Å². The normalized spacial score (nSPS) is 17.3. The summed E-state index contributed by atoms with van der Waals surface area (Å²) in [4.78, 5) is 11.1. The van der Waals surface area contributed by atoms with E-state index in [4.69, 9.17) is 4.74 Å². The first-order valence-corrected chi connectivity index (χ1v) is 7.37. The molecule has 0 spiro atoms. The Labute approximate surface area is 112 Å². The van der Waals surface area contributed by atoms with Gasteiger partial charge in [-0.15, -0.1) is 0 Å². The Morgan fingerprint density at radius 2 is 2.06 bits per heavy atom. The van der Waals surface area contributed by atoms with Crippen molar-refractivity contribution in [2.45, 2.75) is 65.2 Å². The molecule has 1 aliphatic carbocycles. The average Bonchev–Trinajstić information content (AvgIpc) is 2.29.